The molecule has 0 aliphatic rings. The number of carbonyl (C=O) groups excluding carboxylic acids is 2. The average molecular weight is 253 g/mol. The van der Waals surface area contributed by atoms with E-state index in [1.807, 2.05) is 0 Å². The molecule has 1 amide bonds. The van der Waals surface area contributed by atoms with E-state index in [0.29, 0.717) is 0 Å². The first-order chi connectivity index (χ1) is 8.45. The van der Waals surface area contributed by atoms with Gasteiger partial charge in [-0.25, -0.2) is 9.89 Å². The molecule has 1 rings (SSSR count). The zero-order valence-corrected chi connectivity index (χ0v) is 10.4. The van der Waals surface area contributed by atoms with Crippen LogP contribution in [-0.4, -0.2) is 35.2 Å². The molecule has 1 aromatic rings. The van der Waals surface area contributed by atoms with Gasteiger partial charge in [0.25, 0.3) is 11.5 Å². The molecule has 0 unspecified atom stereocenters. The summed E-state index contributed by atoms with van der Waals surface area (Å²) in [7, 11) is 1.25. The third-order valence-electron chi connectivity index (χ3n) is 2.32. The molecule has 7 nitrogen and oxygen atoms in total. The summed E-state index contributed by atoms with van der Waals surface area (Å²) in [5.74, 6) is -1.19. The van der Waals surface area contributed by atoms with E-state index in [1.54, 1.807) is 13.8 Å². The van der Waals surface area contributed by atoms with Crippen LogP contribution in [0.5, 0.6) is 0 Å². The number of rotatable bonds is 4. The van der Waals surface area contributed by atoms with Crippen LogP contribution < -0.4 is 10.9 Å². The van der Waals surface area contributed by atoms with Crippen molar-refractivity contribution in [2.24, 2.45) is 5.92 Å². The lowest BCUT2D eigenvalue weighted by atomic mass is 10.0. The van der Waals surface area contributed by atoms with Crippen molar-refractivity contribution in [3.63, 3.8) is 0 Å². The predicted molar refractivity (Wildman–Crippen MR) is 63.0 cm³/mol. The number of amides is 1. The minimum absolute atomic E-state index is 0.0316. The first-order valence-corrected chi connectivity index (χ1v) is 5.40. The van der Waals surface area contributed by atoms with Gasteiger partial charge in [0, 0.05) is 6.07 Å². The van der Waals surface area contributed by atoms with Crippen molar-refractivity contribution in [2.75, 3.05) is 7.11 Å². The molecule has 1 aromatic heterocycles. The van der Waals surface area contributed by atoms with E-state index < -0.39 is 23.5 Å². The lowest BCUT2D eigenvalue weighted by Crippen LogP contribution is -2.45. The van der Waals surface area contributed by atoms with Crippen molar-refractivity contribution in [3.05, 3.63) is 28.2 Å². The smallest absolute Gasteiger partial charge is 0.328 e. The molecule has 7 heteroatoms. The van der Waals surface area contributed by atoms with Gasteiger partial charge in [0.2, 0.25) is 0 Å². The van der Waals surface area contributed by atoms with Gasteiger partial charge in [-0.3, -0.25) is 9.59 Å². The summed E-state index contributed by atoms with van der Waals surface area (Å²) in [4.78, 5) is 34.1. The number of H-pyrrole nitrogens is 1. The quantitative estimate of drug-likeness (QED) is 0.717. The van der Waals surface area contributed by atoms with Crippen molar-refractivity contribution in [1.82, 2.24) is 15.5 Å². The number of ether oxygens (including phenoxy) is 1. The maximum absolute atomic E-state index is 11.8. The Morgan fingerprint density at radius 3 is 2.50 bits per heavy atom. The van der Waals surface area contributed by atoms with Gasteiger partial charge in [-0.1, -0.05) is 13.8 Å². The highest BCUT2D eigenvalue weighted by molar-refractivity contribution is 5.95. The molecule has 0 saturated heterocycles. The van der Waals surface area contributed by atoms with E-state index >= 15 is 0 Å². The van der Waals surface area contributed by atoms with Crippen molar-refractivity contribution in [1.29, 1.82) is 0 Å². The number of aromatic nitrogens is 2. The molecule has 0 aromatic carbocycles. The van der Waals surface area contributed by atoms with E-state index in [1.165, 1.54) is 19.2 Å². The number of esters is 1. The zero-order chi connectivity index (χ0) is 13.7. The Labute approximate surface area is 104 Å². The Bertz CT molecular complexity index is 475. The summed E-state index contributed by atoms with van der Waals surface area (Å²) in [5, 5.41) is 8.22. The second kappa shape index (κ2) is 5.95. The Morgan fingerprint density at radius 1 is 1.39 bits per heavy atom. The number of hydrogen-bond acceptors (Lipinski definition) is 5. The van der Waals surface area contributed by atoms with E-state index in [-0.39, 0.29) is 11.6 Å². The number of hydrogen-bond donors (Lipinski definition) is 2. The fourth-order valence-electron chi connectivity index (χ4n) is 1.31. The van der Waals surface area contributed by atoms with Gasteiger partial charge in [0.15, 0.2) is 0 Å². The fraction of sp³-hybridized carbons (Fsp3) is 0.455. The monoisotopic (exact) mass is 253 g/mol. The van der Waals surface area contributed by atoms with Crippen LogP contribution in [0, 0.1) is 5.92 Å². The largest absolute Gasteiger partial charge is 0.467 e. The molecule has 0 fully saturated rings. The molecule has 1 atom stereocenters. The van der Waals surface area contributed by atoms with E-state index in [4.69, 9.17) is 0 Å². The van der Waals surface area contributed by atoms with Crippen LogP contribution in [0.4, 0.5) is 0 Å². The fourth-order valence-corrected chi connectivity index (χ4v) is 1.31. The summed E-state index contributed by atoms with van der Waals surface area (Å²) >= 11 is 0. The van der Waals surface area contributed by atoms with Gasteiger partial charge in [-0.2, -0.15) is 5.10 Å². The van der Waals surface area contributed by atoms with Gasteiger partial charge in [0.05, 0.1) is 7.11 Å². The molecule has 0 bridgehead atoms. The Hall–Kier alpha value is -2.18. The van der Waals surface area contributed by atoms with E-state index in [9.17, 15) is 14.4 Å². The van der Waals surface area contributed by atoms with Crippen molar-refractivity contribution >= 4 is 11.9 Å². The molecule has 98 valence electrons. The molecule has 2 N–H and O–H groups in total. The maximum atomic E-state index is 11.8. The zero-order valence-electron chi connectivity index (χ0n) is 10.4. The highest BCUT2D eigenvalue weighted by Gasteiger charge is 2.25. The topological polar surface area (TPSA) is 101 Å². The summed E-state index contributed by atoms with van der Waals surface area (Å²) < 4.78 is 4.60. The number of nitrogens with zero attached hydrogens (tertiary/aromatic N) is 1. The summed E-state index contributed by atoms with van der Waals surface area (Å²) in [6.07, 6.45) is 0. The van der Waals surface area contributed by atoms with Crippen LogP contribution in [0.3, 0.4) is 0 Å². The average Bonchev–Trinajstić information content (AvgIpc) is 2.35. The molecule has 0 saturated carbocycles. The molecular weight excluding hydrogens is 238 g/mol. The Kier molecular flexibility index (Phi) is 4.59. The summed E-state index contributed by atoms with van der Waals surface area (Å²) in [6, 6.07) is 1.71. The first-order valence-electron chi connectivity index (χ1n) is 5.40. The third-order valence-corrected chi connectivity index (χ3v) is 2.32. The van der Waals surface area contributed by atoms with Crippen molar-refractivity contribution < 1.29 is 14.3 Å². The van der Waals surface area contributed by atoms with Gasteiger partial charge in [0.1, 0.15) is 11.7 Å². The number of methoxy groups -OCH3 is 1. The second-order valence-electron chi connectivity index (χ2n) is 4.02. The van der Waals surface area contributed by atoms with Crippen LogP contribution in [-0.2, 0) is 9.53 Å². The third kappa shape index (κ3) is 3.41. The van der Waals surface area contributed by atoms with Crippen LogP contribution in [0.2, 0.25) is 0 Å². The van der Waals surface area contributed by atoms with Crippen LogP contribution in [0.25, 0.3) is 0 Å². The SMILES string of the molecule is COC(=O)[C@@H](NC(=O)c1ccc(=O)[nH]n1)C(C)C. The predicted octanol–water partition coefficient (Wildman–Crippen LogP) is -0.303. The Balaban J connectivity index is 2.81. The lowest BCUT2D eigenvalue weighted by Gasteiger charge is -2.19. The van der Waals surface area contributed by atoms with Gasteiger partial charge in [-0.15, -0.1) is 0 Å². The van der Waals surface area contributed by atoms with Crippen molar-refractivity contribution in [3.8, 4) is 0 Å². The molecule has 0 spiro atoms. The molecule has 1 heterocycles. The lowest BCUT2D eigenvalue weighted by molar-refractivity contribution is -0.144. The summed E-state index contributed by atoms with van der Waals surface area (Å²) in [6.45, 7) is 3.56. The Morgan fingerprint density at radius 2 is 2.06 bits per heavy atom. The van der Waals surface area contributed by atoms with Gasteiger partial charge in [-0.05, 0) is 12.0 Å². The standard InChI is InChI=1S/C11H15N3O4/c1-6(2)9(11(17)18-3)12-10(16)7-4-5-8(15)14-13-7/h4-6,9H,1-3H3,(H,12,16)(H,14,15)/t9-/m0/s1. The molecule has 0 radical (unpaired) electrons. The van der Waals surface area contributed by atoms with Crippen molar-refractivity contribution in [2.45, 2.75) is 19.9 Å². The normalized spacial score (nSPS) is 12.0. The highest BCUT2D eigenvalue weighted by atomic mass is 16.5. The van der Waals surface area contributed by atoms with Crippen LogP contribution in [0.15, 0.2) is 16.9 Å². The molecule has 0 aliphatic heterocycles. The molecule has 18 heavy (non-hydrogen) atoms. The van der Waals surface area contributed by atoms with Crippen LogP contribution in [0.1, 0.15) is 24.3 Å². The van der Waals surface area contributed by atoms with Gasteiger partial charge < -0.3 is 10.1 Å². The maximum Gasteiger partial charge on any atom is 0.328 e. The highest BCUT2D eigenvalue weighted by Crippen LogP contribution is 2.04. The number of nitrogens with one attached hydrogen (secondary N) is 2. The first kappa shape index (κ1) is 13.9. The molecular formula is C11H15N3O4. The minimum atomic E-state index is -0.753. The minimum Gasteiger partial charge on any atom is -0.467 e. The van der Waals surface area contributed by atoms with Crippen LogP contribution >= 0.6 is 0 Å². The second-order valence-corrected chi connectivity index (χ2v) is 4.02. The van der Waals surface area contributed by atoms with E-state index in [0.717, 1.165) is 0 Å². The molecule has 0 aliphatic carbocycles. The summed E-state index contributed by atoms with van der Waals surface area (Å²) in [5.41, 5.74) is -0.371. The number of aromatic amines is 1. The van der Waals surface area contributed by atoms with E-state index in [2.05, 4.69) is 20.3 Å². The van der Waals surface area contributed by atoms with Gasteiger partial charge >= 0.3 is 5.97 Å². The number of carbonyl (C=O) groups is 2.